The number of aromatic nitrogens is 1. The second-order valence-electron chi connectivity index (χ2n) is 9.33. The van der Waals surface area contributed by atoms with E-state index in [2.05, 4.69) is 11.9 Å². The molecule has 2 aliphatic heterocycles. The first-order valence-corrected chi connectivity index (χ1v) is 12.0. The minimum Gasteiger partial charge on any atom is -0.493 e. The normalized spacial score (nSPS) is 26.1. The molecule has 3 heterocycles. The molecule has 0 spiro atoms. The van der Waals surface area contributed by atoms with Crippen molar-refractivity contribution in [1.29, 1.82) is 0 Å². The topological polar surface area (TPSA) is 78.0 Å². The molecule has 4 unspecified atom stereocenters. The van der Waals surface area contributed by atoms with Crippen LogP contribution in [0.15, 0.2) is 54.1 Å². The largest absolute Gasteiger partial charge is 0.493 e. The van der Waals surface area contributed by atoms with Gasteiger partial charge in [0.1, 0.15) is 6.10 Å². The van der Waals surface area contributed by atoms with Gasteiger partial charge in [0.2, 0.25) is 0 Å². The second-order valence-corrected chi connectivity index (χ2v) is 9.33. The molecule has 2 aromatic rings. The van der Waals surface area contributed by atoms with Crippen molar-refractivity contribution in [3.63, 3.8) is 0 Å². The van der Waals surface area contributed by atoms with E-state index < -0.39 is 6.04 Å². The van der Waals surface area contributed by atoms with Crippen LogP contribution in [0.1, 0.15) is 50.3 Å². The number of nitrogens with zero attached hydrogens (tertiary/aromatic N) is 2. The number of Topliss-reactive ketones (excluding diaryl/α,β-unsaturated/α-hetero) is 1. The predicted molar refractivity (Wildman–Crippen MR) is 125 cm³/mol. The molecular weight excluding hydrogens is 432 g/mol. The summed E-state index contributed by atoms with van der Waals surface area (Å²) in [6.45, 7) is 4.92. The van der Waals surface area contributed by atoms with Crippen molar-refractivity contribution in [2.45, 2.75) is 51.8 Å². The number of rotatable bonds is 6. The molecule has 7 nitrogen and oxygen atoms in total. The molecule has 7 heteroatoms. The van der Waals surface area contributed by atoms with Crippen LogP contribution in [0.2, 0.25) is 0 Å². The van der Waals surface area contributed by atoms with Crippen LogP contribution >= 0.6 is 0 Å². The lowest BCUT2D eigenvalue weighted by molar-refractivity contribution is -0.136. The number of methoxy groups -OCH3 is 1. The molecule has 0 N–H and O–H groups in total. The summed E-state index contributed by atoms with van der Waals surface area (Å²) in [6.07, 6.45) is 5.81. The summed E-state index contributed by atoms with van der Waals surface area (Å²) in [5.74, 6) is 1.45. The van der Waals surface area contributed by atoms with E-state index >= 15 is 0 Å². The standard InChI is InChI=1S/C27H30N2O5/c1-4-33-21-10-8-18(13-22(21)32-3)24-23-25(30)19-12-16(2)7-9-20(19)34-26(23)27(31)29(24)15-17-6-5-11-28-14-17/h5-6,8,10-11,13-14,16,19-20,24H,4,7,9,12,15H2,1-3H3. The lowest BCUT2D eigenvalue weighted by Crippen LogP contribution is -2.41. The Morgan fingerprint density at radius 2 is 2.03 bits per heavy atom. The van der Waals surface area contributed by atoms with Gasteiger partial charge < -0.3 is 19.1 Å². The van der Waals surface area contributed by atoms with Gasteiger partial charge in [-0.2, -0.15) is 0 Å². The molecule has 1 amide bonds. The molecule has 178 valence electrons. The fourth-order valence-electron chi connectivity index (χ4n) is 5.45. The van der Waals surface area contributed by atoms with Crippen molar-refractivity contribution in [3.05, 3.63) is 65.2 Å². The summed E-state index contributed by atoms with van der Waals surface area (Å²) < 4.78 is 17.5. The molecule has 1 aromatic heterocycles. The van der Waals surface area contributed by atoms with E-state index in [9.17, 15) is 9.59 Å². The average Bonchev–Trinajstić information content (AvgIpc) is 3.12. The Morgan fingerprint density at radius 3 is 2.76 bits per heavy atom. The molecule has 0 bridgehead atoms. The van der Waals surface area contributed by atoms with E-state index in [0.717, 1.165) is 30.4 Å². The van der Waals surface area contributed by atoms with Crippen molar-refractivity contribution < 1.29 is 23.8 Å². The SMILES string of the molecule is CCOc1ccc(C2C3=C(OC4CCC(C)CC4C3=O)C(=O)N2Cc2cccnc2)cc1OC. The van der Waals surface area contributed by atoms with Crippen LogP contribution in [0, 0.1) is 11.8 Å². The first-order valence-electron chi connectivity index (χ1n) is 12.0. The summed E-state index contributed by atoms with van der Waals surface area (Å²) in [5.41, 5.74) is 2.15. The zero-order chi connectivity index (χ0) is 23.8. The zero-order valence-corrected chi connectivity index (χ0v) is 19.8. The molecule has 34 heavy (non-hydrogen) atoms. The van der Waals surface area contributed by atoms with Gasteiger partial charge in [-0.25, -0.2) is 0 Å². The molecule has 3 aliphatic rings. The summed E-state index contributed by atoms with van der Waals surface area (Å²) in [6, 6.07) is 8.81. The summed E-state index contributed by atoms with van der Waals surface area (Å²) in [4.78, 5) is 33.4. The Kier molecular flexibility index (Phi) is 6.02. The van der Waals surface area contributed by atoms with E-state index in [1.54, 1.807) is 24.4 Å². The Hall–Kier alpha value is -3.35. The van der Waals surface area contributed by atoms with Crippen LogP contribution in [0.4, 0.5) is 0 Å². The highest BCUT2D eigenvalue weighted by Crippen LogP contribution is 2.48. The molecule has 0 saturated heterocycles. The van der Waals surface area contributed by atoms with Crippen LogP contribution in [-0.2, 0) is 20.9 Å². The average molecular weight is 463 g/mol. The van der Waals surface area contributed by atoms with Crippen molar-refractivity contribution in [3.8, 4) is 11.5 Å². The Labute approximate surface area is 199 Å². The van der Waals surface area contributed by atoms with Gasteiger partial charge in [-0.1, -0.05) is 19.1 Å². The number of benzene rings is 1. The lowest BCUT2D eigenvalue weighted by Gasteiger charge is -2.37. The van der Waals surface area contributed by atoms with Gasteiger partial charge in [-0.05, 0) is 61.4 Å². The molecule has 1 aromatic carbocycles. The quantitative estimate of drug-likeness (QED) is 0.639. The van der Waals surface area contributed by atoms with Gasteiger partial charge in [-0.15, -0.1) is 0 Å². The number of carbonyl (C=O) groups is 2. The first kappa shape index (κ1) is 22.4. The van der Waals surface area contributed by atoms with E-state index in [-0.39, 0.29) is 29.5 Å². The third-order valence-electron chi connectivity index (χ3n) is 7.08. The first-order chi connectivity index (χ1) is 16.5. The summed E-state index contributed by atoms with van der Waals surface area (Å²) >= 11 is 0. The fourth-order valence-corrected chi connectivity index (χ4v) is 5.45. The molecule has 1 fully saturated rings. The van der Waals surface area contributed by atoms with Crippen LogP contribution in [-0.4, -0.2) is 41.4 Å². The number of fused-ring (bicyclic) bond motifs is 1. The van der Waals surface area contributed by atoms with Gasteiger partial charge in [-0.3, -0.25) is 14.6 Å². The summed E-state index contributed by atoms with van der Waals surface area (Å²) in [5, 5.41) is 0. The number of hydrogen-bond donors (Lipinski definition) is 0. The monoisotopic (exact) mass is 462 g/mol. The van der Waals surface area contributed by atoms with E-state index in [1.807, 2.05) is 37.3 Å². The van der Waals surface area contributed by atoms with Crippen molar-refractivity contribution in [2.24, 2.45) is 11.8 Å². The smallest absolute Gasteiger partial charge is 0.290 e. The van der Waals surface area contributed by atoms with Crippen LogP contribution in [0.3, 0.4) is 0 Å². The van der Waals surface area contributed by atoms with Gasteiger partial charge in [0.05, 0.1) is 31.2 Å². The van der Waals surface area contributed by atoms with E-state index in [4.69, 9.17) is 14.2 Å². The second kappa shape index (κ2) is 9.12. The molecule has 4 atom stereocenters. The Balaban J connectivity index is 1.59. The van der Waals surface area contributed by atoms with Crippen LogP contribution < -0.4 is 9.47 Å². The maximum atomic E-state index is 13.9. The van der Waals surface area contributed by atoms with Gasteiger partial charge >= 0.3 is 0 Å². The number of hydrogen-bond acceptors (Lipinski definition) is 6. The third kappa shape index (κ3) is 3.83. The molecule has 1 aliphatic carbocycles. The molecule has 5 rings (SSSR count). The number of ketones is 1. The molecular formula is C27H30N2O5. The fraction of sp³-hybridized carbons (Fsp3) is 0.444. The Morgan fingerprint density at radius 1 is 1.18 bits per heavy atom. The van der Waals surface area contributed by atoms with Gasteiger partial charge in [0.25, 0.3) is 5.91 Å². The maximum absolute atomic E-state index is 13.9. The number of amides is 1. The van der Waals surface area contributed by atoms with Crippen LogP contribution in [0.25, 0.3) is 0 Å². The third-order valence-corrected chi connectivity index (χ3v) is 7.08. The number of carbonyl (C=O) groups excluding carboxylic acids is 2. The highest BCUT2D eigenvalue weighted by molar-refractivity contribution is 6.11. The molecule has 0 radical (unpaired) electrons. The highest BCUT2D eigenvalue weighted by atomic mass is 16.5. The van der Waals surface area contributed by atoms with Crippen molar-refractivity contribution in [2.75, 3.05) is 13.7 Å². The van der Waals surface area contributed by atoms with Crippen LogP contribution in [0.5, 0.6) is 11.5 Å². The van der Waals surface area contributed by atoms with Gasteiger partial charge in [0.15, 0.2) is 23.0 Å². The Bertz CT molecular complexity index is 1130. The predicted octanol–water partition coefficient (Wildman–Crippen LogP) is 4.23. The summed E-state index contributed by atoms with van der Waals surface area (Å²) in [7, 11) is 1.59. The minimum absolute atomic E-state index is 0.0395. The number of ether oxygens (including phenoxy) is 3. The van der Waals surface area contributed by atoms with Gasteiger partial charge in [0, 0.05) is 18.9 Å². The lowest BCUT2D eigenvalue weighted by atomic mass is 9.74. The van der Waals surface area contributed by atoms with Crippen molar-refractivity contribution >= 4 is 11.7 Å². The molecule has 1 saturated carbocycles. The van der Waals surface area contributed by atoms with Crippen molar-refractivity contribution in [1.82, 2.24) is 9.88 Å². The van der Waals surface area contributed by atoms with E-state index in [1.165, 1.54) is 0 Å². The maximum Gasteiger partial charge on any atom is 0.290 e. The minimum atomic E-state index is -0.557. The zero-order valence-electron chi connectivity index (χ0n) is 19.8. The number of pyridine rings is 1. The highest BCUT2D eigenvalue weighted by Gasteiger charge is 2.52. The van der Waals surface area contributed by atoms with E-state index in [0.29, 0.717) is 36.1 Å².